The molecule has 11 heteroatoms. The zero-order valence-electron chi connectivity index (χ0n) is 24.4. The zero-order valence-corrected chi connectivity index (χ0v) is 24.4. The molecule has 3 aromatic heterocycles. The maximum absolute atomic E-state index is 14.3. The molecule has 1 aliphatic heterocycles. The van der Waals surface area contributed by atoms with Gasteiger partial charge < -0.3 is 9.57 Å². The maximum atomic E-state index is 14.3. The summed E-state index contributed by atoms with van der Waals surface area (Å²) in [6.07, 6.45) is 10.2. The van der Waals surface area contributed by atoms with Crippen LogP contribution in [0.15, 0.2) is 59.8 Å². The second-order valence-corrected chi connectivity index (χ2v) is 10.8. The molecule has 1 aromatic carbocycles. The van der Waals surface area contributed by atoms with Crippen molar-refractivity contribution in [1.29, 1.82) is 0 Å². The van der Waals surface area contributed by atoms with Crippen LogP contribution in [0.5, 0.6) is 5.75 Å². The molecule has 0 spiro atoms. The third-order valence-electron chi connectivity index (χ3n) is 7.94. The Morgan fingerprint density at radius 1 is 1.02 bits per heavy atom. The summed E-state index contributed by atoms with van der Waals surface area (Å²) < 4.78 is 7.13. The third-order valence-corrected chi connectivity index (χ3v) is 7.94. The smallest absolute Gasteiger partial charge is 0.427 e. The molecule has 2 N–H and O–H groups in total. The first-order valence-corrected chi connectivity index (χ1v) is 14.9. The minimum absolute atomic E-state index is 0.135. The molecule has 1 saturated heterocycles. The van der Waals surface area contributed by atoms with Gasteiger partial charge in [-0.2, -0.15) is 0 Å². The van der Waals surface area contributed by atoms with Gasteiger partial charge in [-0.25, -0.2) is 24.3 Å². The monoisotopic (exact) mass is 581 g/mol. The Kier molecular flexibility index (Phi) is 8.41. The number of pyridine rings is 1. The summed E-state index contributed by atoms with van der Waals surface area (Å²) in [5, 5.41) is 2.74. The van der Waals surface area contributed by atoms with E-state index in [0.29, 0.717) is 30.3 Å². The Hall–Kier alpha value is -4.64. The van der Waals surface area contributed by atoms with Crippen LogP contribution in [0.1, 0.15) is 86.2 Å². The van der Waals surface area contributed by atoms with Crippen LogP contribution in [-0.4, -0.2) is 37.2 Å². The van der Waals surface area contributed by atoms with E-state index in [2.05, 4.69) is 27.7 Å². The molecule has 43 heavy (non-hydrogen) atoms. The van der Waals surface area contributed by atoms with E-state index in [0.717, 1.165) is 72.4 Å². The molecule has 1 amide bonds. The number of hydrogen-bond donors (Lipinski definition) is 2. The average Bonchev–Trinajstić information content (AvgIpc) is 3.44. The van der Waals surface area contributed by atoms with Crippen molar-refractivity contribution in [1.82, 2.24) is 35.3 Å². The molecule has 0 bridgehead atoms. The predicted octanol–water partition coefficient (Wildman–Crippen LogP) is 4.93. The number of nitrogens with one attached hydrogen (secondary N) is 2. The number of rotatable bonds is 11. The summed E-state index contributed by atoms with van der Waals surface area (Å²) in [6.45, 7) is 4.55. The Labute approximate surface area is 249 Å². The molecule has 1 atom stereocenters. The summed E-state index contributed by atoms with van der Waals surface area (Å²) in [5.41, 5.74) is 7.39. The highest BCUT2D eigenvalue weighted by atomic mass is 16.7. The summed E-state index contributed by atoms with van der Waals surface area (Å²) in [5.74, 6) is 1.83. The molecule has 0 radical (unpaired) electrons. The van der Waals surface area contributed by atoms with Gasteiger partial charge in [0, 0.05) is 35.2 Å². The fraction of sp³-hybridized carbons (Fsp3) is 0.375. The molecular formula is C32H35N7O4. The minimum Gasteiger partial charge on any atom is -0.491 e. The van der Waals surface area contributed by atoms with Crippen LogP contribution in [0.4, 0.5) is 4.79 Å². The molecular weight excluding hydrogens is 546 g/mol. The van der Waals surface area contributed by atoms with Gasteiger partial charge in [0.2, 0.25) is 5.95 Å². The number of hydrogen-bond acceptors (Lipinski definition) is 9. The first-order valence-electron chi connectivity index (χ1n) is 14.9. The van der Waals surface area contributed by atoms with E-state index >= 15 is 0 Å². The standard InChI is InChI=1S/C32H35N7O4/c1-3-5-13-27-25(30(40)39(29(36-27)21-9-8-10-21)31-34-18-22(19-35-31)42-4-2)16-20-14-15-26(33-17-20)23-11-6-7-12-24(23)28-37-32(41)43-38-28/h6-7,11-12,14-15,17-19,21,28,38H,3-5,8-10,13,16H2,1-2H3,(H,37,41). The van der Waals surface area contributed by atoms with Crippen molar-refractivity contribution in [3.63, 3.8) is 0 Å². The van der Waals surface area contributed by atoms with Crippen LogP contribution in [0.25, 0.3) is 17.2 Å². The van der Waals surface area contributed by atoms with Gasteiger partial charge in [0.05, 0.1) is 30.4 Å². The Morgan fingerprint density at radius 2 is 1.84 bits per heavy atom. The number of aromatic nitrogens is 5. The highest BCUT2D eigenvalue weighted by Gasteiger charge is 2.29. The molecule has 1 saturated carbocycles. The number of amides is 1. The van der Waals surface area contributed by atoms with Crippen LogP contribution in [0.3, 0.4) is 0 Å². The zero-order chi connectivity index (χ0) is 29.8. The lowest BCUT2D eigenvalue weighted by molar-refractivity contribution is 0.122. The van der Waals surface area contributed by atoms with Gasteiger partial charge in [0.15, 0.2) is 5.75 Å². The lowest BCUT2D eigenvalue weighted by Crippen LogP contribution is -2.33. The van der Waals surface area contributed by atoms with Crippen molar-refractivity contribution in [3.8, 4) is 23.0 Å². The number of nitrogens with zero attached hydrogens (tertiary/aromatic N) is 5. The number of ether oxygens (including phenoxy) is 1. The fourth-order valence-corrected chi connectivity index (χ4v) is 5.45. The van der Waals surface area contributed by atoms with E-state index in [9.17, 15) is 9.59 Å². The molecule has 4 heterocycles. The highest BCUT2D eigenvalue weighted by Crippen LogP contribution is 2.36. The first kappa shape index (κ1) is 28.5. The van der Waals surface area contributed by atoms with Crippen LogP contribution in [0.2, 0.25) is 0 Å². The molecule has 6 rings (SSSR count). The predicted molar refractivity (Wildman–Crippen MR) is 160 cm³/mol. The van der Waals surface area contributed by atoms with Crippen molar-refractivity contribution in [2.24, 2.45) is 0 Å². The minimum atomic E-state index is -0.528. The number of unbranched alkanes of at least 4 members (excludes halogenated alkanes) is 1. The molecule has 11 nitrogen and oxygen atoms in total. The van der Waals surface area contributed by atoms with Gasteiger partial charge in [-0.05, 0) is 44.2 Å². The van der Waals surface area contributed by atoms with Crippen LogP contribution < -0.4 is 21.1 Å². The molecule has 4 aromatic rings. The van der Waals surface area contributed by atoms with Crippen molar-refractivity contribution >= 4 is 6.09 Å². The van der Waals surface area contributed by atoms with Crippen molar-refractivity contribution < 1.29 is 14.4 Å². The summed E-state index contributed by atoms with van der Waals surface area (Å²) >= 11 is 0. The van der Waals surface area contributed by atoms with Gasteiger partial charge in [0.25, 0.3) is 5.56 Å². The number of aryl methyl sites for hydroxylation is 1. The van der Waals surface area contributed by atoms with E-state index in [1.165, 1.54) is 0 Å². The SMILES string of the molecule is CCCCc1nc(C2CCC2)n(-c2ncc(OCC)cn2)c(=O)c1Cc1ccc(-c2ccccc2C2NOC(=O)N2)nc1. The largest absolute Gasteiger partial charge is 0.491 e. The van der Waals surface area contributed by atoms with Gasteiger partial charge >= 0.3 is 6.09 Å². The Bertz CT molecular complexity index is 1650. The van der Waals surface area contributed by atoms with Crippen molar-refractivity contribution in [2.45, 2.75) is 70.9 Å². The number of benzene rings is 1. The summed E-state index contributed by atoms with van der Waals surface area (Å²) in [7, 11) is 0. The molecule has 2 aliphatic rings. The second kappa shape index (κ2) is 12.7. The average molecular weight is 582 g/mol. The lowest BCUT2D eigenvalue weighted by Gasteiger charge is -2.28. The highest BCUT2D eigenvalue weighted by molar-refractivity contribution is 5.71. The molecule has 2 fully saturated rings. The van der Waals surface area contributed by atoms with Crippen molar-refractivity contribution in [3.05, 3.63) is 93.6 Å². The van der Waals surface area contributed by atoms with Gasteiger partial charge in [0.1, 0.15) is 12.0 Å². The Morgan fingerprint density at radius 3 is 2.49 bits per heavy atom. The summed E-state index contributed by atoms with van der Waals surface area (Å²) in [4.78, 5) is 49.6. The Balaban J connectivity index is 1.36. The maximum Gasteiger partial charge on any atom is 0.427 e. The molecule has 222 valence electrons. The van der Waals surface area contributed by atoms with Gasteiger partial charge in [-0.15, -0.1) is 5.48 Å². The van der Waals surface area contributed by atoms with Gasteiger partial charge in [-0.1, -0.05) is 50.1 Å². The third kappa shape index (κ3) is 5.98. The van der Waals surface area contributed by atoms with E-state index in [-0.39, 0.29) is 11.5 Å². The fourth-order valence-electron chi connectivity index (χ4n) is 5.45. The van der Waals surface area contributed by atoms with E-state index in [1.54, 1.807) is 23.2 Å². The van der Waals surface area contributed by atoms with Gasteiger partial charge in [-0.3, -0.25) is 15.1 Å². The van der Waals surface area contributed by atoms with Crippen LogP contribution in [-0.2, 0) is 17.7 Å². The first-order chi connectivity index (χ1) is 21.1. The normalized spacial score (nSPS) is 16.4. The lowest BCUT2D eigenvalue weighted by atomic mass is 9.84. The number of carbonyl (C=O) groups excluding carboxylic acids is 1. The molecule has 1 aliphatic carbocycles. The van der Waals surface area contributed by atoms with Crippen molar-refractivity contribution in [2.75, 3.05) is 6.61 Å². The van der Waals surface area contributed by atoms with Crippen LogP contribution >= 0.6 is 0 Å². The molecule has 1 unspecified atom stereocenters. The summed E-state index contributed by atoms with van der Waals surface area (Å²) in [6, 6.07) is 11.6. The van der Waals surface area contributed by atoms with E-state index < -0.39 is 12.3 Å². The van der Waals surface area contributed by atoms with E-state index in [1.807, 2.05) is 43.3 Å². The van der Waals surface area contributed by atoms with E-state index in [4.69, 9.17) is 19.5 Å². The number of hydroxylamine groups is 1. The quantitative estimate of drug-likeness (QED) is 0.253. The second-order valence-electron chi connectivity index (χ2n) is 10.8. The number of carbonyl (C=O) groups is 1. The topological polar surface area (TPSA) is 133 Å². The van der Waals surface area contributed by atoms with Crippen LogP contribution in [0, 0.1) is 0 Å².